The predicted octanol–water partition coefficient (Wildman–Crippen LogP) is 5.72. The average Bonchev–Trinajstić information content (AvgIpc) is 2.47. The van der Waals surface area contributed by atoms with Crippen LogP contribution in [0.5, 0.6) is 0 Å². The Hall–Kier alpha value is -1.38. The summed E-state index contributed by atoms with van der Waals surface area (Å²) in [5, 5.41) is 9.10. The highest BCUT2D eigenvalue weighted by atomic mass is 79.9. The molecule has 2 rings (SSSR count). The van der Waals surface area contributed by atoms with E-state index in [-0.39, 0.29) is 10.7 Å². The Kier molecular flexibility index (Phi) is 6.06. The number of benzene rings is 2. The van der Waals surface area contributed by atoms with E-state index < -0.39 is 24.3 Å². The van der Waals surface area contributed by atoms with Crippen LogP contribution in [0.2, 0.25) is 5.02 Å². The molecule has 0 unspecified atom stereocenters. The monoisotopic (exact) mass is 439 g/mol. The molecule has 24 heavy (non-hydrogen) atoms. The minimum absolute atomic E-state index is 0.0122. The molecule has 0 saturated carbocycles. The van der Waals surface area contributed by atoms with E-state index in [1.165, 1.54) is 4.31 Å². The van der Waals surface area contributed by atoms with Crippen molar-refractivity contribution >= 4 is 51.1 Å². The van der Waals surface area contributed by atoms with Crippen LogP contribution in [0.25, 0.3) is 0 Å². The van der Waals surface area contributed by atoms with Crippen LogP contribution >= 0.6 is 39.5 Å². The first kappa shape index (κ1) is 19.0. The fourth-order valence-electron chi connectivity index (χ4n) is 1.79. The lowest BCUT2D eigenvalue weighted by atomic mass is 10.2. The minimum atomic E-state index is -4.55. The maximum absolute atomic E-state index is 12.9. The van der Waals surface area contributed by atoms with Gasteiger partial charge in [0, 0.05) is 9.37 Å². The van der Waals surface area contributed by atoms with E-state index in [2.05, 4.69) is 15.9 Å². The van der Waals surface area contributed by atoms with Crippen molar-refractivity contribution in [3.05, 3.63) is 57.5 Å². The summed E-state index contributed by atoms with van der Waals surface area (Å²) < 4.78 is 40.8. The third kappa shape index (κ3) is 5.06. The second-order valence-corrected chi connectivity index (χ2v) is 7.06. The standard InChI is InChI=1S/C15H10BrClF3NO2S/c16-10-2-4-11(5-3-10)24-21(8-14(22)23)13-7-9(15(18,19)20)1-6-12(13)17/h1-7H,8H2,(H,22,23). The van der Waals surface area contributed by atoms with Crippen molar-refractivity contribution in [3.8, 4) is 0 Å². The Morgan fingerprint density at radius 2 is 1.83 bits per heavy atom. The number of alkyl halides is 3. The van der Waals surface area contributed by atoms with Crippen molar-refractivity contribution in [1.82, 2.24) is 0 Å². The van der Waals surface area contributed by atoms with Gasteiger partial charge in [-0.05, 0) is 54.4 Å². The van der Waals surface area contributed by atoms with Gasteiger partial charge < -0.3 is 5.11 Å². The number of halogens is 5. The van der Waals surface area contributed by atoms with Crippen molar-refractivity contribution in [2.45, 2.75) is 11.1 Å². The third-order valence-electron chi connectivity index (χ3n) is 2.85. The van der Waals surface area contributed by atoms with E-state index in [9.17, 15) is 18.0 Å². The van der Waals surface area contributed by atoms with Crippen LogP contribution in [-0.2, 0) is 11.0 Å². The van der Waals surface area contributed by atoms with Crippen molar-refractivity contribution in [2.24, 2.45) is 0 Å². The zero-order valence-corrected chi connectivity index (χ0v) is 15.0. The van der Waals surface area contributed by atoms with Gasteiger partial charge in [-0.2, -0.15) is 13.2 Å². The lowest BCUT2D eigenvalue weighted by Gasteiger charge is -2.23. The van der Waals surface area contributed by atoms with Gasteiger partial charge in [-0.25, -0.2) is 0 Å². The largest absolute Gasteiger partial charge is 0.480 e. The molecule has 0 aliphatic rings. The SMILES string of the molecule is O=C(O)CN(Sc1ccc(Br)cc1)c1cc(C(F)(F)F)ccc1Cl. The number of carboxylic acids is 1. The highest BCUT2D eigenvalue weighted by Gasteiger charge is 2.32. The molecule has 9 heteroatoms. The number of anilines is 1. The lowest BCUT2D eigenvalue weighted by Crippen LogP contribution is -2.23. The molecule has 0 spiro atoms. The number of rotatable bonds is 5. The molecule has 0 aliphatic heterocycles. The first-order valence-electron chi connectivity index (χ1n) is 6.46. The summed E-state index contributed by atoms with van der Waals surface area (Å²) >= 11 is 10.3. The highest BCUT2D eigenvalue weighted by molar-refractivity contribution is 9.10. The summed E-state index contributed by atoms with van der Waals surface area (Å²) in [5.41, 5.74) is -0.907. The summed E-state index contributed by atoms with van der Waals surface area (Å²) in [4.78, 5) is 11.8. The number of aliphatic carboxylic acids is 1. The van der Waals surface area contributed by atoms with Crippen LogP contribution in [0.1, 0.15) is 5.56 Å². The molecule has 0 saturated heterocycles. The van der Waals surface area contributed by atoms with E-state index >= 15 is 0 Å². The molecule has 0 radical (unpaired) electrons. The smallest absolute Gasteiger partial charge is 0.416 e. The molecular weight excluding hydrogens is 431 g/mol. The Balaban J connectivity index is 2.40. The minimum Gasteiger partial charge on any atom is -0.480 e. The average molecular weight is 441 g/mol. The van der Waals surface area contributed by atoms with Crippen molar-refractivity contribution in [1.29, 1.82) is 0 Å². The molecule has 128 valence electrons. The molecule has 0 heterocycles. The zero-order chi connectivity index (χ0) is 17.9. The molecule has 0 amide bonds. The second kappa shape index (κ2) is 7.67. The number of hydrogen-bond acceptors (Lipinski definition) is 3. The zero-order valence-electron chi connectivity index (χ0n) is 11.8. The Bertz CT molecular complexity index is 740. The van der Waals surface area contributed by atoms with Gasteiger partial charge in [0.1, 0.15) is 6.54 Å². The van der Waals surface area contributed by atoms with Crippen LogP contribution in [0.3, 0.4) is 0 Å². The van der Waals surface area contributed by atoms with Gasteiger partial charge in [-0.1, -0.05) is 27.5 Å². The molecule has 0 aromatic heterocycles. The van der Waals surface area contributed by atoms with Gasteiger partial charge in [0.25, 0.3) is 0 Å². The molecule has 1 N–H and O–H groups in total. The molecule has 0 bridgehead atoms. The van der Waals surface area contributed by atoms with Gasteiger partial charge in [-0.3, -0.25) is 9.10 Å². The number of hydrogen-bond donors (Lipinski definition) is 1. The fraction of sp³-hybridized carbons (Fsp3) is 0.133. The second-order valence-electron chi connectivity index (χ2n) is 4.64. The number of carboxylic acid groups (broad SMARTS) is 1. The molecular formula is C15H10BrClF3NO2S. The molecule has 0 atom stereocenters. The summed E-state index contributed by atoms with van der Waals surface area (Å²) in [7, 11) is 0. The first-order valence-corrected chi connectivity index (χ1v) is 8.41. The summed E-state index contributed by atoms with van der Waals surface area (Å²) in [6.45, 7) is -0.512. The van der Waals surface area contributed by atoms with E-state index in [1.54, 1.807) is 24.3 Å². The van der Waals surface area contributed by atoms with Crippen LogP contribution in [0, 0.1) is 0 Å². The van der Waals surface area contributed by atoms with Crippen molar-refractivity contribution in [2.75, 3.05) is 10.8 Å². The topological polar surface area (TPSA) is 40.5 Å². The van der Waals surface area contributed by atoms with E-state index in [1.807, 2.05) is 0 Å². The quantitative estimate of drug-likeness (QED) is 0.604. The normalized spacial score (nSPS) is 11.4. The third-order valence-corrected chi connectivity index (χ3v) is 4.73. The molecule has 0 aliphatic carbocycles. The summed E-state index contributed by atoms with van der Waals surface area (Å²) in [5.74, 6) is -1.19. The highest BCUT2D eigenvalue weighted by Crippen LogP contribution is 2.39. The Morgan fingerprint density at radius 3 is 2.38 bits per heavy atom. The first-order chi connectivity index (χ1) is 11.2. The van der Waals surface area contributed by atoms with Gasteiger partial charge in [0.15, 0.2) is 0 Å². The van der Waals surface area contributed by atoms with E-state index in [0.29, 0.717) is 4.90 Å². The summed E-state index contributed by atoms with van der Waals surface area (Å²) in [6, 6.07) is 9.73. The molecule has 3 nitrogen and oxygen atoms in total. The number of carbonyl (C=O) groups is 1. The van der Waals surface area contributed by atoms with Gasteiger partial charge in [-0.15, -0.1) is 0 Å². The van der Waals surface area contributed by atoms with Gasteiger partial charge >= 0.3 is 12.1 Å². The maximum atomic E-state index is 12.9. The molecule has 2 aromatic rings. The van der Waals surface area contributed by atoms with E-state index in [0.717, 1.165) is 34.6 Å². The Morgan fingerprint density at radius 1 is 1.21 bits per heavy atom. The van der Waals surface area contributed by atoms with Crippen LogP contribution < -0.4 is 4.31 Å². The van der Waals surface area contributed by atoms with Crippen molar-refractivity contribution < 1.29 is 23.1 Å². The van der Waals surface area contributed by atoms with E-state index in [4.69, 9.17) is 16.7 Å². The fourth-order valence-corrected chi connectivity index (χ4v) is 3.26. The Labute approximate surface area is 153 Å². The lowest BCUT2D eigenvalue weighted by molar-refractivity contribution is -0.137. The molecule has 0 fully saturated rings. The molecule has 2 aromatic carbocycles. The predicted molar refractivity (Wildman–Crippen MR) is 91.4 cm³/mol. The van der Waals surface area contributed by atoms with Gasteiger partial charge in [0.05, 0.1) is 16.3 Å². The maximum Gasteiger partial charge on any atom is 0.416 e. The number of nitrogens with zero attached hydrogens (tertiary/aromatic N) is 1. The van der Waals surface area contributed by atoms with Crippen molar-refractivity contribution in [3.63, 3.8) is 0 Å². The van der Waals surface area contributed by atoms with Crippen LogP contribution in [0.15, 0.2) is 51.8 Å². The van der Waals surface area contributed by atoms with Crippen LogP contribution in [-0.4, -0.2) is 17.6 Å². The van der Waals surface area contributed by atoms with Gasteiger partial charge in [0.2, 0.25) is 0 Å². The van der Waals surface area contributed by atoms with Crippen LogP contribution in [0.4, 0.5) is 18.9 Å². The summed E-state index contributed by atoms with van der Waals surface area (Å²) in [6.07, 6.45) is -4.55.